The van der Waals surface area contributed by atoms with Crippen LogP contribution in [0.2, 0.25) is 0 Å². The van der Waals surface area contributed by atoms with Crippen LogP contribution < -0.4 is 5.32 Å². The Morgan fingerprint density at radius 2 is 1.90 bits per heavy atom. The molecule has 0 bridgehead atoms. The molecule has 0 heterocycles. The number of nitrogens with one attached hydrogen (secondary N) is 1. The largest absolute Gasteiger partial charge is 0.478 e. The van der Waals surface area contributed by atoms with Crippen LogP contribution >= 0.6 is 0 Å². The Morgan fingerprint density at radius 1 is 1.19 bits per heavy atom. The second-order valence-corrected chi connectivity index (χ2v) is 4.63. The van der Waals surface area contributed by atoms with Crippen LogP contribution in [0.25, 0.3) is 0 Å². The first-order chi connectivity index (χ1) is 10.0. The maximum absolute atomic E-state index is 13.8. The van der Waals surface area contributed by atoms with Crippen molar-refractivity contribution in [1.82, 2.24) is 0 Å². The lowest BCUT2D eigenvalue weighted by Crippen LogP contribution is -2.13. The minimum Gasteiger partial charge on any atom is -0.478 e. The number of anilines is 1. The fourth-order valence-electron chi connectivity index (χ4n) is 2.11. The van der Waals surface area contributed by atoms with Crippen LogP contribution in [0.15, 0.2) is 42.5 Å². The molecule has 2 rings (SSSR count). The molecule has 0 aliphatic carbocycles. The van der Waals surface area contributed by atoms with Crippen molar-refractivity contribution in [3.8, 4) is 0 Å². The zero-order valence-corrected chi connectivity index (χ0v) is 11.4. The zero-order valence-electron chi connectivity index (χ0n) is 11.4. The Hall–Kier alpha value is -2.43. The van der Waals surface area contributed by atoms with Crippen LogP contribution in [0.5, 0.6) is 0 Å². The highest BCUT2D eigenvalue weighted by Crippen LogP contribution is 2.26. The summed E-state index contributed by atoms with van der Waals surface area (Å²) in [5.41, 5.74) is 0.437. The van der Waals surface area contributed by atoms with Gasteiger partial charge in [-0.2, -0.15) is 0 Å². The number of halogens is 2. The van der Waals surface area contributed by atoms with Gasteiger partial charge in [-0.25, -0.2) is 13.6 Å². The van der Waals surface area contributed by atoms with Crippen molar-refractivity contribution in [2.45, 2.75) is 19.4 Å². The molecule has 2 aromatic rings. The lowest BCUT2D eigenvalue weighted by atomic mass is 10.0. The predicted octanol–water partition coefficient (Wildman–Crippen LogP) is 4.23. The number of carboxylic acid groups (broad SMARTS) is 1. The topological polar surface area (TPSA) is 49.3 Å². The molecule has 0 radical (unpaired) electrons. The third-order valence-electron chi connectivity index (χ3n) is 3.23. The van der Waals surface area contributed by atoms with Gasteiger partial charge in [-0.05, 0) is 30.7 Å². The van der Waals surface area contributed by atoms with Gasteiger partial charge in [-0.15, -0.1) is 0 Å². The van der Waals surface area contributed by atoms with Crippen LogP contribution in [-0.4, -0.2) is 11.1 Å². The SMILES string of the molecule is CCC(Nc1cc(C(=O)O)ccc1F)c1ccccc1F. The van der Waals surface area contributed by atoms with Gasteiger partial charge >= 0.3 is 5.97 Å². The summed E-state index contributed by atoms with van der Waals surface area (Å²) in [6, 6.07) is 9.28. The van der Waals surface area contributed by atoms with Crippen molar-refractivity contribution in [2.24, 2.45) is 0 Å². The number of carbonyl (C=O) groups is 1. The van der Waals surface area contributed by atoms with Crippen molar-refractivity contribution in [3.05, 3.63) is 65.2 Å². The third-order valence-corrected chi connectivity index (χ3v) is 3.23. The Bertz CT molecular complexity index is 658. The van der Waals surface area contributed by atoms with Crippen molar-refractivity contribution >= 4 is 11.7 Å². The maximum Gasteiger partial charge on any atom is 0.335 e. The van der Waals surface area contributed by atoms with Gasteiger partial charge in [0.15, 0.2) is 0 Å². The highest BCUT2D eigenvalue weighted by molar-refractivity contribution is 5.88. The Labute approximate surface area is 121 Å². The van der Waals surface area contributed by atoms with E-state index in [2.05, 4.69) is 5.32 Å². The Kier molecular flexibility index (Phi) is 4.52. The lowest BCUT2D eigenvalue weighted by molar-refractivity contribution is 0.0697. The highest BCUT2D eigenvalue weighted by Gasteiger charge is 2.16. The second kappa shape index (κ2) is 6.35. The van der Waals surface area contributed by atoms with Crippen LogP contribution in [0.4, 0.5) is 14.5 Å². The van der Waals surface area contributed by atoms with E-state index in [4.69, 9.17) is 5.11 Å². The van der Waals surface area contributed by atoms with E-state index in [1.54, 1.807) is 18.2 Å². The van der Waals surface area contributed by atoms with Crippen molar-refractivity contribution in [2.75, 3.05) is 5.32 Å². The molecule has 3 nitrogen and oxygen atoms in total. The molecule has 110 valence electrons. The van der Waals surface area contributed by atoms with E-state index in [0.29, 0.717) is 12.0 Å². The van der Waals surface area contributed by atoms with E-state index >= 15 is 0 Å². The van der Waals surface area contributed by atoms with Crippen molar-refractivity contribution in [3.63, 3.8) is 0 Å². The molecule has 0 amide bonds. The van der Waals surface area contributed by atoms with E-state index in [-0.39, 0.29) is 17.1 Å². The molecular weight excluding hydrogens is 276 g/mol. The molecular formula is C16H15F2NO2. The van der Waals surface area contributed by atoms with Crippen LogP contribution in [0.1, 0.15) is 35.3 Å². The fraction of sp³-hybridized carbons (Fsp3) is 0.188. The molecule has 0 saturated heterocycles. The molecule has 0 spiro atoms. The van der Waals surface area contributed by atoms with Gasteiger partial charge in [0.1, 0.15) is 11.6 Å². The Balaban J connectivity index is 2.33. The Morgan fingerprint density at radius 3 is 2.52 bits per heavy atom. The molecule has 5 heteroatoms. The number of hydrogen-bond donors (Lipinski definition) is 2. The summed E-state index contributed by atoms with van der Waals surface area (Å²) >= 11 is 0. The zero-order chi connectivity index (χ0) is 15.4. The average Bonchev–Trinajstić information content (AvgIpc) is 2.47. The quantitative estimate of drug-likeness (QED) is 0.867. The van der Waals surface area contributed by atoms with Gasteiger partial charge in [0.05, 0.1) is 17.3 Å². The molecule has 0 saturated carbocycles. The number of rotatable bonds is 5. The smallest absolute Gasteiger partial charge is 0.335 e. The predicted molar refractivity (Wildman–Crippen MR) is 76.4 cm³/mol. The third kappa shape index (κ3) is 3.37. The monoisotopic (exact) mass is 291 g/mol. The van der Waals surface area contributed by atoms with E-state index in [1.807, 2.05) is 6.92 Å². The van der Waals surface area contributed by atoms with Gasteiger partial charge in [-0.1, -0.05) is 25.1 Å². The van der Waals surface area contributed by atoms with Crippen LogP contribution in [-0.2, 0) is 0 Å². The second-order valence-electron chi connectivity index (χ2n) is 4.63. The summed E-state index contributed by atoms with van der Waals surface area (Å²) in [5.74, 6) is -2.10. The van der Waals surface area contributed by atoms with Crippen LogP contribution in [0, 0.1) is 11.6 Å². The molecule has 21 heavy (non-hydrogen) atoms. The van der Waals surface area contributed by atoms with E-state index in [9.17, 15) is 13.6 Å². The summed E-state index contributed by atoms with van der Waals surface area (Å²) in [4.78, 5) is 10.9. The first kappa shape index (κ1) is 15.0. The maximum atomic E-state index is 13.8. The van der Waals surface area contributed by atoms with Crippen LogP contribution in [0.3, 0.4) is 0 Å². The van der Waals surface area contributed by atoms with E-state index in [0.717, 1.165) is 6.07 Å². The lowest BCUT2D eigenvalue weighted by Gasteiger charge is -2.20. The summed E-state index contributed by atoms with van der Waals surface area (Å²) in [6.07, 6.45) is 0.525. The molecule has 0 aliphatic rings. The number of hydrogen-bond acceptors (Lipinski definition) is 2. The average molecular weight is 291 g/mol. The molecule has 1 atom stereocenters. The minimum absolute atomic E-state index is 0.0257. The first-order valence-corrected chi connectivity index (χ1v) is 6.56. The van der Waals surface area contributed by atoms with Crippen molar-refractivity contribution in [1.29, 1.82) is 0 Å². The fourth-order valence-corrected chi connectivity index (χ4v) is 2.11. The van der Waals surface area contributed by atoms with Gasteiger partial charge in [0, 0.05) is 5.56 Å². The molecule has 1 unspecified atom stereocenters. The molecule has 0 fully saturated rings. The number of benzene rings is 2. The summed E-state index contributed by atoms with van der Waals surface area (Å²) in [5, 5.41) is 11.8. The minimum atomic E-state index is -1.14. The highest BCUT2D eigenvalue weighted by atomic mass is 19.1. The number of aromatic carboxylic acids is 1. The summed E-state index contributed by atoms with van der Waals surface area (Å²) < 4.78 is 27.6. The normalized spacial score (nSPS) is 12.0. The van der Waals surface area contributed by atoms with E-state index < -0.39 is 17.8 Å². The molecule has 2 aromatic carbocycles. The van der Waals surface area contributed by atoms with Gasteiger partial charge in [0.2, 0.25) is 0 Å². The van der Waals surface area contributed by atoms with Gasteiger partial charge in [-0.3, -0.25) is 0 Å². The number of carboxylic acids is 1. The molecule has 2 N–H and O–H groups in total. The summed E-state index contributed by atoms with van der Waals surface area (Å²) in [7, 11) is 0. The van der Waals surface area contributed by atoms with E-state index in [1.165, 1.54) is 18.2 Å². The first-order valence-electron chi connectivity index (χ1n) is 6.56. The van der Waals surface area contributed by atoms with Gasteiger partial charge < -0.3 is 10.4 Å². The standard InChI is InChI=1S/C16H15F2NO2/c1-2-14(11-5-3-4-6-12(11)17)19-15-9-10(16(20)21)7-8-13(15)18/h3-9,14,19H,2H2,1H3,(H,20,21). The molecule has 0 aliphatic heterocycles. The van der Waals surface area contributed by atoms with Crippen molar-refractivity contribution < 1.29 is 18.7 Å². The molecule has 0 aromatic heterocycles. The summed E-state index contributed by atoms with van der Waals surface area (Å²) in [6.45, 7) is 1.84. The van der Waals surface area contributed by atoms with Gasteiger partial charge in [0.25, 0.3) is 0 Å².